The number of aromatic nitrogens is 1. The van der Waals surface area contributed by atoms with Crippen LogP contribution in [-0.4, -0.2) is 56.5 Å². The van der Waals surface area contributed by atoms with E-state index < -0.39 is 16.1 Å². The van der Waals surface area contributed by atoms with Crippen LogP contribution in [0.2, 0.25) is 0 Å². The number of anilines is 2. The summed E-state index contributed by atoms with van der Waals surface area (Å²) < 4.78 is 33.3. The summed E-state index contributed by atoms with van der Waals surface area (Å²) in [5.74, 6) is -0.155. The number of hydrogen-bond acceptors (Lipinski definition) is 6. The molecular weight excluding hydrogens is 470 g/mol. The minimum Gasteiger partial charge on any atom is -0.378 e. The standard InChI is InChI=1S/C24H25N5O5S/c30-23(29-12-14-34-15-13-29)19-3-9-22(10-4-19)35(32,33)28-21-7-5-20(6-8-21)27-24(31)26-17-18-2-1-11-25-16-18/h1-11,16,28H,12-15,17H2,(H2,26,27,31). The van der Waals surface area contributed by atoms with Crippen molar-refractivity contribution in [1.82, 2.24) is 15.2 Å². The molecule has 182 valence electrons. The normalized spacial score (nSPS) is 13.7. The second kappa shape index (κ2) is 11.0. The number of hydrogen-bond donors (Lipinski definition) is 3. The molecule has 35 heavy (non-hydrogen) atoms. The molecule has 3 amide bonds. The summed E-state index contributed by atoms with van der Waals surface area (Å²) in [5.41, 5.74) is 2.12. The van der Waals surface area contributed by atoms with E-state index in [1.165, 1.54) is 24.3 Å². The highest BCUT2D eigenvalue weighted by molar-refractivity contribution is 7.92. The van der Waals surface area contributed by atoms with Crippen LogP contribution < -0.4 is 15.4 Å². The molecule has 0 unspecified atom stereocenters. The number of sulfonamides is 1. The highest BCUT2D eigenvalue weighted by atomic mass is 32.2. The summed E-state index contributed by atoms with van der Waals surface area (Å²) in [5, 5.41) is 5.41. The predicted octanol–water partition coefficient (Wildman–Crippen LogP) is 2.68. The van der Waals surface area contributed by atoms with Gasteiger partial charge in [-0.25, -0.2) is 13.2 Å². The number of urea groups is 1. The molecular formula is C24H25N5O5S. The third-order valence-electron chi connectivity index (χ3n) is 5.28. The van der Waals surface area contributed by atoms with Gasteiger partial charge in [0.05, 0.1) is 18.1 Å². The molecule has 0 aliphatic carbocycles. The van der Waals surface area contributed by atoms with Gasteiger partial charge in [-0.15, -0.1) is 0 Å². The van der Waals surface area contributed by atoms with Crippen molar-refractivity contribution in [3.63, 3.8) is 0 Å². The largest absolute Gasteiger partial charge is 0.378 e. The highest BCUT2D eigenvalue weighted by Gasteiger charge is 2.20. The molecule has 0 saturated carbocycles. The molecule has 2 heterocycles. The Kier molecular flexibility index (Phi) is 7.58. The van der Waals surface area contributed by atoms with Gasteiger partial charge in [0.1, 0.15) is 0 Å². The number of carbonyl (C=O) groups is 2. The molecule has 3 aromatic rings. The third-order valence-corrected chi connectivity index (χ3v) is 6.68. The zero-order valence-electron chi connectivity index (χ0n) is 18.8. The predicted molar refractivity (Wildman–Crippen MR) is 131 cm³/mol. The minimum atomic E-state index is -3.86. The first-order chi connectivity index (χ1) is 16.9. The molecule has 11 heteroatoms. The molecule has 1 aromatic heterocycles. The van der Waals surface area contributed by atoms with E-state index in [1.54, 1.807) is 47.6 Å². The topological polar surface area (TPSA) is 130 Å². The van der Waals surface area contributed by atoms with Crippen LogP contribution in [0.25, 0.3) is 0 Å². The van der Waals surface area contributed by atoms with Gasteiger partial charge in [-0.3, -0.25) is 14.5 Å². The number of rotatable bonds is 7. The number of morpholine rings is 1. The van der Waals surface area contributed by atoms with Crippen LogP contribution in [0, 0.1) is 0 Å². The fraction of sp³-hybridized carbons (Fsp3) is 0.208. The summed E-state index contributed by atoms with van der Waals surface area (Å²) >= 11 is 0. The van der Waals surface area contributed by atoms with Gasteiger partial charge in [0.25, 0.3) is 15.9 Å². The maximum absolute atomic E-state index is 12.8. The van der Waals surface area contributed by atoms with Crippen LogP contribution >= 0.6 is 0 Å². The quantitative estimate of drug-likeness (QED) is 0.462. The van der Waals surface area contributed by atoms with E-state index in [2.05, 4.69) is 20.3 Å². The van der Waals surface area contributed by atoms with Crippen LogP contribution in [0.5, 0.6) is 0 Å². The van der Waals surface area contributed by atoms with Crippen molar-refractivity contribution in [1.29, 1.82) is 0 Å². The van der Waals surface area contributed by atoms with Crippen LogP contribution in [0.15, 0.2) is 78.0 Å². The third kappa shape index (κ3) is 6.55. The lowest BCUT2D eigenvalue weighted by Gasteiger charge is -2.26. The molecule has 0 radical (unpaired) electrons. The van der Waals surface area contributed by atoms with E-state index >= 15 is 0 Å². The second-order valence-corrected chi connectivity index (χ2v) is 9.46. The SMILES string of the molecule is O=C(NCc1cccnc1)Nc1ccc(NS(=O)(=O)c2ccc(C(=O)N3CCOCC3)cc2)cc1. The Hall–Kier alpha value is -3.96. The van der Waals surface area contributed by atoms with E-state index in [4.69, 9.17) is 4.74 Å². The number of amides is 3. The molecule has 1 saturated heterocycles. The summed E-state index contributed by atoms with van der Waals surface area (Å²) in [7, 11) is -3.86. The lowest BCUT2D eigenvalue weighted by molar-refractivity contribution is 0.0303. The first kappa shape index (κ1) is 24.2. The molecule has 10 nitrogen and oxygen atoms in total. The molecule has 1 aliphatic rings. The zero-order valence-corrected chi connectivity index (χ0v) is 19.6. The van der Waals surface area contributed by atoms with Gasteiger partial charge < -0.3 is 20.3 Å². The van der Waals surface area contributed by atoms with E-state index in [0.717, 1.165) is 5.56 Å². The van der Waals surface area contributed by atoms with Crippen LogP contribution in [0.4, 0.5) is 16.2 Å². The summed E-state index contributed by atoms with van der Waals surface area (Å²) in [4.78, 5) is 30.3. The van der Waals surface area contributed by atoms with Gasteiger partial charge in [0, 0.05) is 49.0 Å². The molecule has 0 atom stereocenters. The van der Waals surface area contributed by atoms with Crippen LogP contribution in [0.3, 0.4) is 0 Å². The van der Waals surface area contributed by atoms with Crippen molar-refractivity contribution in [2.24, 2.45) is 0 Å². The summed E-state index contributed by atoms with van der Waals surface area (Å²) in [6.07, 6.45) is 3.32. The highest BCUT2D eigenvalue weighted by Crippen LogP contribution is 2.19. The molecule has 1 fully saturated rings. The van der Waals surface area contributed by atoms with Crippen molar-refractivity contribution in [3.8, 4) is 0 Å². The minimum absolute atomic E-state index is 0.0352. The number of benzene rings is 2. The number of carbonyl (C=O) groups excluding carboxylic acids is 2. The fourth-order valence-electron chi connectivity index (χ4n) is 3.42. The Morgan fingerprint density at radius 1 is 0.943 bits per heavy atom. The Labute approximate surface area is 203 Å². The first-order valence-corrected chi connectivity index (χ1v) is 12.4. The van der Waals surface area contributed by atoms with Gasteiger partial charge in [-0.2, -0.15) is 0 Å². The molecule has 3 N–H and O–H groups in total. The summed E-state index contributed by atoms with van der Waals surface area (Å²) in [6, 6.07) is 15.3. The van der Waals surface area contributed by atoms with E-state index in [0.29, 0.717) is 49.8 Å². The van der Waals surface area contributed by atoms with Gasteiger partial charge in [0.15, 0.2) is 0 Å². The van der Waals surface area contributed by atoms with Gasteiger partial charge in [0.2, 0.25) is 0 Å². The molecule has 2 aromatic carbocycles. The Balaban J connectivity index is 1.32. The van der Waals surface area contributed by atoms with E-state index in [9.17, 15) is 18.0 Å². The number of nitrogens with zero attached hydrogens (tertiary/aromatic N) is 2. The molecule has 0 bridgehead atoms. The Bertz CT molecular complexity index is 1260. The molecule has 4 rings (SSSR count). The maximum Gasteiger partial charge on any atom is 0.319 e. The van der Waals surface area contributed by atoms with Crippen molar-refractivity contribution < 1.29 is 22.7 Å². The van der Waals surface area contributed by atoms with Crippen molar-refractivity contribution in [2.75, 3.05) is 36.3 Å². The van der Waals surface area contributed by atoms with E-state index in [1.807, 2.05) is 6.07 Å². The van der Waals surface area contributed by atoms with Crippen LogP contribution in [0.1, 0.15) is 15.9 Å². The lowest BCUT2D eigenvalue weighted by Crippen LogP contribution is -2.40. The van der Waals surface area contributed by atoms with Gasteiger partial charge >= 0.3 is 6.03 Å². The maximum atomic E-state index is 12.8. The second-order valence-electron chi connectivity index (χ2n) is 7.78. The first-order valence-electron chi connectivity index (χ1n) is 10.9. The van der Waals surface area contributed by atoms with Gasteiger partial charge in [-0.05, 0) is 60.2 Å². The average molecular weight is 496 g/mol. The number of nitrogens with one attached hydrogen (secondary N) is 3. The van der Waals surface area contributed by atoms with Crippen LogP contribution in [-0.2, 0) is 21.3 Å². The number of pyridine rings is 1. The monoisotopic (exact) mass is 495 g/mol. The van der Waals surface area contributed by atoms with Crippen molar-refractivity contribution in [2.45, 2.75) is 11.4 Å². The Morgan fingerprint density at radius 2 is 1.63 bits per heavy atom. The zero-order chi connectivity index (χ0) is 24.7. The Morgan fingerprint density at radius 3 is 2.29 bits per heavy atom. The lowest BCUT2D eigenvalue weighted by atomic mass is 10.2. The molecule has 1 aliphatic heterocycles. The average Bonchev–Trinajstić information content (AvgIpc) is 2.89. The number of ether oxygens (including phenoxy) is 1. The smallest absolute Gasteiger partial charge is 0.319 e. The van der Waals surface area contributed by atoms with Crippen molar-refractivity contribution in [3.05, 3.63) is 84.2 Å². The summed E-state index contributed by atoms with van der Waals surface area (Å²) in [6.45, 7) is 2.34. The van der Waals surface area contributed by atoms with Crippen molar-refractivity contribution >= 4 is 33.3 Å². The fourth-order valence-corrected chi connectivity index (χ4v) is 4.48. The van der Waals surface area contributed by atoms with Gasteiger partial charge in [-0.1, -0.05) is 6.07 Å². The molecule has 0 spiro atoms. The van der Waals surface area contributed by atoms with E-state index in [-0.39, 0.29) is 10.8 Å².